The highest BCUT2D eigenvalue weighted by atomic mass is 16.5. The predicted molar refractivity (Wildman–Crippen MR) is 98.7 cm³/mol. The molecule has 1 aliphatic heterocycles. The molecule has 2 aromatic rings. The van der Waals surface area contributed by atoms with Crippen molar-refractivity contribution in [3.63, 3.8) is 0 Å². The predicted octanol–water partition coefficient (Wildman–Crippen LogP) is 0.869. The summed E-state index contributed by atoms with van der Waals surface area (Å²) >= 11 is 0. The van der Waals surface area contributed by atoms with Crippen molar-refractivity contribution in [1.29, 1.82) is 0 Å². The van der Waals surface area contributed by atoms with E-state index in [9.17, 15) is 19.6 Å². The summed E-state index contributed by atoms with van der Waals surface area (Å²) in [5, 5.41) is 22.5. The summed E-state index contributed by atoms with van der Waals surface area (Å²) < 4.78 is 10.6. The van der Waals surface area contributed by atoms with Crippen LogP contribution in [0.4, 0.5) is 4.79 Å². The quantitative estimate of drug-likeness (QED) is 0.491. The average molecular weight is 372 g/mol. The van der Waals surface area contributed by atoms with Crippen LogP contribution in [0.1, 0.15) is 12.0 Å². The van der Waals surface area contributed by atoms with Gasteiger partial charge < -0.3 is 29.4 Å². The van der Waals surface area contributed by atoms with Crippen LogP contribution >= 0.6 is 0 Å². The number of ether oxygens (including phenoxy) is 1. The lowest BCUT2D eigenvalue weighted by atomic mass is 9.76. The van der Waals surface area contributed by atoms with Gasteiger partial charge in [-0.3, -0.25) is 4.79 Å². The Balaban J connectivity index is 1.55. The molecule has 0 saturated carbocycles. The molecule has 0 unspecified atom stereocenters. The smallest absolute Gasteiger partial charge is 0.464 e. The van der Waals surface area contributed by atoms with E-state index in [4.69, 9.17) is 9.15 Å². The van der Waals surface area contributed by atoms with E-state index in [1.54, 1.807) is 11.0 Å². The number of carbonyl (C=O) groups is 2. The molecule has 2 heterocycles. The molecule has 3 N–H and O–H groups in total. The first-order valence-corrected chi connectivity index (χ1v) is 8.67. The summed E-state index contributed by atoms with van der Waals surface area (Å²) in [6.07, 6.45) is 2.87. The van der Waals surface area contributed by atoms with Gasteiger partial charge in [0, 0.05) is 11.9 Å². The average Bonchev–Trinajstić information content (AvgIpc) is 3.03. The standard InChI is InChI=1S/C18H21BN2O6/c1-2-17(22)21-8-7-13(21)11-27-18(23)20-16(19(24)25)9-12-10-26-15-6-4-3-5-14(12)15/h2-6,10,13,16,24-25H,1,7-9,11H2,(H,20,23)/t13-,16+/m1/s1. The maximum Gasteiger partial charge on any atom is 0.475 e. The van der Waals surface area contributed by atoms with Crippen LogP contribution in [0.25, 0.3) is 11.0 Å². The lowest BCUT2D eigenvalue weighted by Gasteiger charge is -2.39. The number of fused-ring (bicyclic) bond motifs is 1. The summed E-state index contributed by atoms with van der Waals surface area (Å²) in [5.41, 5.74) is 1.42. The summed E-state index contributed by atoms with van der Waals surface area (Å²) in [6, 6.07) is 7.17. The van der Waals surface area contributed by atoms with E-state index < -0.39 is 19.2 Å². The van der Waals surface area contributed by atoms with Gasteiger partial charge >= 0.3 is 13.2 Å². The van der Waals surface area contributed by atoms with E-state index in [1.807, 2.05) is 18.2 Å². The number of alkyl carbamates (subject to hydrolysis) is 1. The fourth-order valence-corrected chi connectivity index (χ4v) is 3.05. The maximum atomic E-state index is 12.0. The second-order valence-corrected chi connectivity index (χ2v) is 6.40. The van der Waals surface area contributed by atoms with E-state index in [0.29, 0.717) is 12.1 Å². The van der Waals surface area contributed by atoms with Gasteiger partial charge in [0.05, 0.1) is 18.2 Å². The summed E-state index contributed by atoms with van der Waals surface area (Å²) in [6.45, 7) is 4.07. The van der Waals surface area contributed by atoms with Crippen LogP contribution in [0.5, 0.6) is 0 Å². The third kappa shape index (κ3) is 4.32. The largest absolute Gasteiger partial charge is 0.475 e. The minimum atomic E-state index is -1.77. The van der Waals surface area contributed by atoms with Crippen molar-refractivity contribution < 1.29 is 28.8 Å². The zero-order chi connectivity index (χ0) is 19.4. The van der Waals surface area contributed by atoms with E-state index in [2.05, 4.69) is 11.9 Å². The number of para-hydroxylation sites is 1. The Morgan fingerprint density at radius 3 is 2.89 bits per heavy atom. The summed E-state index contributed by atoms with van der Waals surface area (Å²) in [7, 11) is -1.77. The van der Waals surface area contributed by atoms with E-state index in [0.717, 1.165) is 17.4 Å². The second-order valence-electron chi connectivity index (χ2n) is 6.40. The van der Waals surface area contributed by atoms with Crippen molar-refractivity contribution in [1.82, 2.24) is 10.2 Å². The highest BCUT2D eigenvalue weighted by Gasteiger charge is 2.33. The number of furan rings is 1. The minimum absolute atomic E-state index is 0.0360. The molecule has 0 radical (unpaired) electrons. The number of rotatable bonds is 7. The second kappa shape index (κ2) is 8.28. The Morgan fingerprint density at radius 1 is 1.44 bits per heavy atom. The number of nitrogens with zero attached hydrogens (tertiary/aromatic N) is 1. The number of nitrogens with one attached hydrogen (secondary N) is 1. The highest BCUT2D eigenvalue weighted by molar-refractivity contribution is 6.43. The van der Waals surface area contributed by atoms with Crippen LogP contribution in [0.2, 0.25) is 0 Å². The Hall–Kier alpha value is -2.78. The molecule has 0 spiro atoms. The van der Waals surface area contributed by atoms with Gasteiger partial charge in [-0.1, -0.05) is 24.8 Å². The van der Waals surface area contributed by atoms with Crippen molar-refractivity contribution in [2.24, 2.45) is 0 Å². The normalized spacial score (nSPS) is 17.1. The number of hydrogen-bond acceptors (Lipinski definition) is 6. The van der Waals surface area contributed by atoms with Gasteiger partial charge in [-0.2, -0.15) is 0 Å². The fraction of sp³-hybridized carbons (Fsp3) is 0.333. The monoisotopic (exact) mass is 372 g/mol. The van der Waals surface area contributed by atoms with Crippen LogP contribution in [-0.4, -0.2) is 59.2 Å². The van der Waals surface area contributed by atoms with Crippen molar-refractivity contribution in [3.8, 4) is 0 Å². The van der Waals surface area contributed by atoms with Crippen LogP contribution in [-0.2, 0) is 16.0 Å². The molecule has 1 aliphatic rings. The van der Waals surface area contributed by atoms with Gasteiger partial charge in [0.15, 0.2) is 0 Å². The number of carbonyl (C=O) groups excluding carboxylic acids is 2. The lowest BCUT2D eigenvalue weighted by molar-refractivity contribution is -0.134. The molecular weight excluding hydrogens is 351 g/mol. The molecule has 0 bridgehead atoms. The van der Waals surface area contributed by atoms with Crippen molar-refractivity contribution in [3.05, 3.63) is 48.7 Å². The van der Waals surface area contributed by atoms with Gasteiger partial charge in [-0.25, -0.2) is 4.79 Å². The SMILES string of the molecule is C=CC(=O)N1CC[C@@H]1COC(=O)N[C@@H](Cc1coc2ccccc12)B(O)O. The number of benzene rings is 1. The Kier molecular flexibility index (Phi) is 5.83. The zero-order valence-electron chi connectivity index (χ0n) is 14.7. The Bertz CT molecular complexity index is 836. The first kappa shape index (κ1) is 19.0. The molecule has 27 heavy (non-hydrogen) atoms. The fourth-order valence-electron chi connectivity index (χ4n) is 3.05. The van der Waals surface area contributed by atoms with Crippen LogP contribution in [0.15, 0.2) is 47.6 Å². The van der Waals surface area contributed by atoms with Gasteiger partial charge in [0.25, 0.3) is 0 Å². The molecule has 9 heteroatoms. The molecule has 1 aromatic carbocycles. The highest BCUT2D eigenvalue weighted by Crippen LogP contribution is 2.22. The van der Waals surface area contributed by atoms with Gasteiger partial charge in [-0.15, -0.1) is 0 Å². The Morgan fingerprint density at radius 2 is 2.22 bits per heavy atom. The molecule has 8 nitrogen and oxygen atoms in total. The first-order valence-electron chi connectivity index (χ1n) is 8.67. The Labute approximate surface area is 156 Å². The molecular formula is C18H21BN2O6. The van der Waals surface area contributed by atoms with Crippen molar-refractivity contribution >= 4 is 30.1 Å². The molecule has 2 amide bonds. The first-order chi connectivity index (χ1) is 13.0. The zero-order valence-corrected chi connectivity index (χ0v) is 14.7. The van der Waals surface area contributed by atoms with E-state index >= 15 is 0 Å². The van der Waals surface area contributed by atoms with Gasteiger partial charge in [0.1, 0.15) is 12.2 Å². The summed E-state index contributed by atoms with van der Waals surface area (Å²) in [4.78, 5) is 25.2. The minimum Gasteiger partial charge on any atom is -0.464 e. The molecule has 142 valence electrons. The van der Waals surface area contributed by atoms with Crippen LogP contribution in [0, 0.1) is 0 Å². The molecule has 1 aromatic heterocycles. The molecule has 1 saturated heterocycles. The lowest BCUT2D eigenvalue weighted by Crippen LogP contribution is -2.54. The van der Waals surface area contributed by atoms with Crippen LogP contribution < -0.4 is 5.32 Å². The molecule has 0 aliphatic carbocycles. The van der Waals surface area contributed by atoms with Gasteiger partial charge in [0.2, 0.25) is 5.91 Å². The van der Waals surface area contributed by atoms with Crippen LogP contribution in [0.3, 0.4) is 0 Å². The number of amides is 2. The topological polar surface area (TPSA) is 112 Å². The molecule has 3 rings (SSSR count). The molecule has 1 fully saturated rings. The maximum absolute atomic E-state index is 12.0. The molecule has 2 atom stereocenters. The summed E-state index contributed by atoms with van der Waals surface area (Å²) in [5.74, 6) is -1.17. The van der Waals surface area contributed by atoms with Crippen molar-refractivity contribution in [2.75, 3.05) is 13.2 Å². The third-order valence-corrected chi connectivity index (χ3v) is 4.67. The van der Waals surface area contributed by atoms with Gasteiger partial charge in [-0.05, 0) is 30.5 Å². The third-order valence-electron chi connectivity index (χ3n) is 4.67. The van der Waals surface area contributed by atoms with E-state index in [1.165, 1.54) is 12.3 Å². The number of likely N-dealkylation sites (tertiary alicyclic amines) is 1. The number of hydrogen-bond donors (Lipinski definition) is 3. The van der Waals surface area contributed by atoms with E-state index in [-0.39, 0.29) is 25.0 Å². The van der Waals surface area contributed by atoms with Crippen molar-refractivity contribution in [2.45, 2.75) is 24.8 Å².